The lowest BCUT2D eigenvalue weighted by atomic mass is 10.2. The fraction of sp³-hybridized carbons (Fsp3) is 0.231. The molecule has 2 N–H and O–H groups in total. The Morgan fingerprint density at radius 3 is 2.33 bits per heavy atom. The molecular formula is C13H15N3O3S2. The Morgan fingerprint density at radius 2 is 1.86 bits per heavy atom. The second-order valence-electron chi connectivity index (χ2n) is 4.59. The molecule has 1 heterocycles. The molecule has 0 atom stereocenters. The molecule has 0 aliphatic heterocycles. The minimum Gasteiger partial charge on any atom is -0.389 e. The maximum absolute atomic E-state index is 12.2. The lowest BCUT2D eigenvalue weighted by molar-refractivity contribution is 0.586. The first-order valence-electron chi connectivity index (χ1n) is 6.15. The number of hydrogen-bond acceptors (Lipinski definition) is 4. The molecule has 0 aliphatic rings. The van der Waals surface area contributed by atoms with Gasteiger partial charge >= 0.3 is 5.69 Å². The Bertz CT molecular complexity index is 817. The van der Waals surface area contributed by atoms with E-state index in [0.717, 1.165) is 0 Å². The van der Waals surface area contributed by atoms with Gasteiger partial charge in [0.15, 0.2) is 9.84 Å². The molecule has 0 aliphatic carbocycles. The number of nitrogens with two attached hydrogens (primary N) is 1. The molecular weight excluding hydrogens is 310 g/mol. The summed E-state index contributed by atoms with van der Waals surface area (Å²) in [5.74, 6) is -0.149. The van der Waals surface area contributed by atoms with E-state index in [2.05, 4.69) is 0 Å². The molecule has 0 saturated carbocycles. The lowest BCUT2D eigenvalue weighted by Crippen LogP contribution is -2.25. The molecule has 8 heteroatoms. The number of aromatic nitrogens is 2. The first kappa shape index (κ1) is 15.5. The summed E-state index contributed by atoms with van der Waals surface area (Å²) in [5.41, 5.74) is 5.84. The second kappa shape index (κ2) is 5.82. The van der Waals surface area contributed by atoms with Gasteiger partial charge in [-0.25, -0.2) is 13.2 Å². The molecule has 0 fully saturated rings. The van der Waals surface area contributed by atoms with Crippen LogP contribution >= 0.6 is 12.2 Å². The Labute approximate surface area is 127 Å². The highest BCUT2D eigenvalue weighted by atomic mass is 32.2. The SMILES string of the molecule is Cn1ccn(CCS(=O)(=O)c2ccc(C(N)=S)cc2)c1=O. The minimum atomic E-state index is -3.46. The minimum absolute atomic E-state index is 0.110. The van der Waals surface area contributed by atoms with E-state index in [0.29, 0.717) is 5.56 Å². The Balaban J connectivity index is 2.16. The van der Waals surface area contributed by atoms with Gasteiger partial charge in [-0.3, -0.25) is 4.57 Å². The van der Waals surface area contributed by atoms with Crippen LogP contribution in [-0.4, -0.2) is 28.3 Å². The molecule has 6 nitrogen and oxygen atoms in total. The van der Waals surface area contributed by atoms with Crippen molar-refractivity contribution in [1.82, 2.24) is 9.13 Å². The van der Waals surface area contributed by atoms with E-state index in [1.165, 1.54) is 21.3 Å². The van der Waals surface area contributed by atoms with Crippen LogP contribution in [0, 0.1) is 0 Å². The lowest BCUT2D eigenvalue weighted by Gasteiger charge is -2.06. The Hall–Kier alpha value is -1.93. The van der Waals surface area contributed by atoms with Crippen LogP contribution in [0.4, 0.5) is 0 Å². The zero-order chi connectivity index (χ0) is 15.6. The van der Waals surface area contributed by atoms with E-state index >= 15 is 0 Å². The number of imidazole rings is 1. The van der Waals surface area contributed by atoms with Crippen LogP contribution in [0.1, 0.15) is 5.56 Å². The van der Waals surface area contributed by atoms with Crippen molar-refractivity contribution in [1.29, 1.82) is 0 Å². The van der Waals surface area contributed by atoms with E-state index in [1.807, 2.05) is 0 Å². The number of benzene rings is 1. The van der Waals surface area contributed by atoms with Crippen molar-refractivity contribution in [3.63, 3.8) is 0 Å². The standard InChI is InChI=1S/C13H15N3O3S2/c1-15-6-7-16(13(15)17)8-9-21(18,19)11-4-2-10(3-5-11)12(14)20/h2-7H,8-9H2,1H3,(H2,14,20). The van der Waals surface area contributed by atoms with Crippen LogP contribution in [0.2, 0.25) is 0 Å². The fourth-order valence-corrected chi connectivity index (χ4v) is 3.20. The zero-order valence-corrected chi connectivity index (χ0v) is 13.0. The van der Waals surface area contributed by atoms with Gasteiger partial charge in [0.2, 0.25) is 0 Å². The van der Waals surface area contributed by atoms with Gasteiger partial charge in [0.05, 0.1) is 10.6 Å². The smallest absolute Gasteiger partial charge is 0.327 e. The van der Waals surface area contributed by atoms with Crippen molar-refractivity contribution in [3.05, 3.63) is 52.7 Å². The van der Waals surface area contributed by atoms with E-state index < -0.39 is 9.84 Å². The average molecular weight is 325 g/mol. The number of hydrogen-bond donors (Lipinski definition) is 1. The third-order valence-corrected chi connectivity index (χ3v) is 5.06. The molecule has 0 amide bonds. The fourth-order valence-electron chi connectivity index (χ4n) is 1.84. The normalized spacial score (nSPS) is 11.5. The molecule has 1 aromatic heterocycles. The van der Waals surface area contributed by atoms with E-state index in [1.54, 1.807) is 31.6 Å². The van der Waals surface area contributed by atoms with Crippen LogP contribution in [0.25, 0.3) is 0 Å². The molecule has 21 heavy (non-hydrogen) atoms. The summed E-state index contributed by atoms with van der Waals surface area (Å²) in [4.78, 5) is 12.0. The zero-order valence-electron chi connectivity index (χ0n) is 11.4. The van der Waals surface area contributed by atoms with Crippen molar-refractivity contribution < 1.29 is 8.42 Å². The molecule has 1 aromatic carbocycles. The highest BCUT2D eigenvalue weighted by Crippen LogP contribution is 2.13. The predicted molar refractivity (Wildman–Crippen MR) is 84.1 cm³/mol. The molecule has 0 bridgehead atoms. The summed E-state index contributed by atoms with van der Waals surface area (Å²) in [6, 6.07) is 6.09. The predicted octanol–water partition coefficient (Wildman–Crippen LogP) is 0.295. The van der Waals surface area contributed by atoms with Crippen LogP contribution in [0.3, 0.4) is 0 Å². The maximum atomic E-state index is 12.2. The van der Waals surface area contributed by atoms with Crippen molar-refractivity contribution >= 4 is 27.0 Å². The third-order valence-electron chi connectivity index (χ3n) is 3.12. The highest BCUT2D eigenvalue weighted by molar-refractivity contribution is 7.91. The van der Waals surface area contributed by atoms with Gasteiger partial charge < -0.3 is 10.3 Å². The van der Waals surface area contributed by atoms with Crippen LogP contribution < -0.4 is 11.4 Å². The summed E-state index contributed by atoms with van der Waals surface area (Å²) >= 11 is 4.82. The molecule has 2 rings (SSSR count). The topological polar surface area (TPSA) is 87.1 Å². The van der Waals surface area contributed by atoms with Gasteiger partial charge in [0.25, 0.3) is 0 Å². The highest BCUT2D eigenvalue weighted by Gasteiger charge is 2.15. The molecule has 0 radical (unpaired) electrons. The molecule has 112 valence electrons. The Morgan fingerprint density at radius 1 is 1.24 bits per heavy atom. The van der Waals surface area contributed by atoms with Crippen LogP contribution in [0.15, 0.2) is 46.3 Å². The monoisotopic (exact) mass is 325 g/mol. The summed E-state index contributed by atoms with van der Waals surface area (Å²) in [7, 11) is -1.85. The van der Waals surface area contributed by atoms with Crippen molar-refractivity contribution in [3.8, 4) is 0 Å². The van der Waals surface area contributed by atoms with Gasteiger partial charge in [0, 0.05) is 31.5 Å². The van der Waals surface area contributed by atoms with Gasteiger partial charge in [0.1, 0.15) is 4.99 Å². The molecule has 0 unspecified atom stereocenters. The maximum Gasteiger partial charge on any atom is 0.327 e. The molecule has 0 spiro atoms. The van der Waals surface area contributed by atoms with Crippen molar-refractivity contribution in [2.24, 2.45) is 12.8 Å². The summed E-state index contributed by atoms with van der Waals surface area (Å²) in [5, 5.41) is 0. The second-order valence-corrected chi connectivity index (χ2v) is 7.14. The summed E-state index contributed by atoms with van der Waals surface area (Å²) < 4.78 is 27.2. The van der Waals surface area contributed by atoms with Gasteiger partial charge in [-0.15, -0.1) is 0 Å². The number of nitrogens with zero attached hydrogens (tertiary/aromatic N) is 2. The van der Waals surface area contributed by atoms with E-state index in [4.69, 9.17) is 18.0 Å². The van der Waals surface area contributed by atoms with Gasteiger partial charge in [-0.2, -0.15) is 0 Å². The largest absolute Gasteiger partial charge is 0.389 e. The van der Waals surface area contributed by atoms with Crippen LogP contribution in [0.5, 0.6) is 0 Å². The summed E-state index contributed by atoms with van der Waals surface area (Å²) in [6.07, 6.45) is 3.15. The van der Waals surface area contributed by atoms with E-state index in [-0.39, 0.29) is 27.9 Å². The molecule has 2 aromatic rings. The van der Waals surface area contributed by atoms with Crippen molar-refractivity contribution in [2.75, 3.05) is 5.75 Å². The quantitative estimate of drug-likeness (QED) is 0.799. The van der Waals surface area contributed by atoms with Gasteiger partial charge in [-0.1, -0.05) is 24.4 Å². The van der Waals surface area contributed by atoms with Crippen LogP contribution in [-0.2, 0) is 23.4 Å². The summed E-state index contributed by atoms with van der Waals surface area (Å²) in [6.45, 7) is 0.110. The number of thiocarbonyl (C=S) groups is 1. The van der Waals surface area contributed by atoms with Crippen molar-refractivity contribution in [2.45, 2.75) is 11.4 Å². The molecule has 0 saturated heterocycles. The van der Waals surface area contributed by atoms with Gasteiger partial charge in [-0.05, 0) is 12.1 Å². The first-order chi connectivity index (χ1) is 9.81. The number of rotatable bonds is 5. The van der Waals surface area contributed by atoms with E-state index in [9.17, 15) is 13.2 Å². The third kappa shape index (κ3) is 3.40. The number of aryl methyl sites for hydroxylation is 2. The average Bonchev–Trinajstić information content (AvgIpc) is 2.77. The first-order valence-corrected chi connectivity index (χ1v) is 8.22. The Kier molecular flexibility index (Phi) is 4.29. The number of sulfone groups is 1.